The average Bonchev–Trinajstić information content (AvgIpc) is 3.56. The third kappa shape index (κ3) is 4.29. The van der Waals surface area contributed by atoms with Gasteiger partial charge in [-0.15, -0.1) is 5.10 Å². The summed E-state index contributed by atoms with van der Waals surface area (Å²) in [5, 5.41) is 5.36. The zero-order valence-corrected chi connectivity index (χ0v) is 19.2. The van der Waals surface area contributed by atoms with Crippen molar-refractivity contribution in [2.75, 3.05) is 7.11 Å². The van der Waals surface area contributed by atoms with E-state index in [1.54, 1.807) is 11.8 Å². The Hall–Kier alpha value is -2.89. The predicted molar refractivity (Wildman–Crippen MR) is 122 cm³/mol. The molecule has 0 saturated heterocycles. The number of hydrogen-bond acceptors (Lipinski definition) is 4. The molecule has 1 unspecified atom stereocenters. The fraction of sp³-hybridized carbons (Fsp3) is 0.480. The molecule has 31 heavy (non-hydrogen) atoms. The van der Waals surface area contributed by atoms with Crippen LogP contribution in [0.4, 0.5) is 0 Å². The highest BCUT2D eigenvalue weighted by Gasteiger charge is 2.34. The van der Waals surface area contributed by atoms with Crippen LogP contribution in [0.15, 0.2) is 30.3 Å². The molecule has 1 fully saturated rings. The minimum absolute atomic E-state index is 0.209. The van der Waals surface area contributed by atoms with E-state index < -0.39 is 0 Å². The van der Waals surface area contributed by atoms with Gasteiger partial charge in [0.05, 0.1) is 12.5 Å². The van der Waals surface area contributed by atoms with Crippen LogP contribution in [0.5, 0.6) is 5.88 Å². The molecule has 6 heteroatoms. The highest BCUT2D eigenvalue weighted by atomic mass is 16.5. The van der Waals surface area contributed by atoms with Gasteiger partial charge < -0.3 is 9.64 Å². The Labute approximate surface area is 184 Å². The van der Waals surface area contributed by atoms with Gasteiger partial charge in [0.2, 0.25) is 11.8 Å². The van der Waals surface area contributed by atoms with E-state index in [0.29, 0.717) is 31.2 Å². The number of rotatable bonds is 8. The second-order valence-corrected chi connectivity index (χ2v) is 8.72. The molecular weight excluding hydrogens is 388 g/mol. The molecule has 1 amide bonds. The molecule has 0 radical (unpaired) electrons. The van der Waals surface area contributed by atoms with Crippen LogP contribution in [0, 0.1) is 19.8 Å². The van der Waals surface area contributed by atoms with Gasteiger partial charge in [0.1, 0.15) is 0 Å². The normalized spacial score (nSPS) is 14.6. The van der Waals surface area contributed by atoms with Gasteiger partial charge in [-0.3, -0.25) is 4.79 Å². The molecular formula is C25H32N4O2. The van der Waals surface area contributed by atoms with Crippen LogP contribution in [0.25, 0.3) is 11.0 Å². The van der Waals surface area contributed by atoms with Gasteiger partial charge in [-0.2, -0.15) is 0 Å². The van der Waals surface area contributed by atoms with Crippen molar-refractivity contribution in [3.8, 4) is 5.88 Å². The van der Waals surface area contributed by atoms with Gasteiger partial charge in [-0.05, 0) is 62.6 Å². The summed E-state index contributed by atoms with van der Waals surface area (Å²) in [4.78, 5) is 20.2. The molecule has 1 atom stereocenters. The molecule has 0 spiro atoms. The minimum atomic E-state index is 0.209. The van der Waals surface area contributed by atoms with Crippen molar-refractivity contribution >= 4 is 16.9 Å². The van der Waals surface area contributed by atoms with E-state index in [2.05, 4.69) is 36.0 Å². The Bertz CT molecular complexity index is 1090. The maximum Gasteiger partial charge on any atom is 0.242 e. The lowest BCUT2D eigenvalue weighted by molar-refractivity contribution is -0.134. The second-order valence-electron chi connectivity index (χ2n) is 8.72. The molecule has 6 nitrogen and oxygen atoms in total. The third-order valence-electron chi connectivity index (χ3n) is 6.62. The number of benzene rings is 1. The molecule has 1 saturated carbocycles. The Morgan fingerprint density at radius 3 is 2.61 bits per heavy atom. The minimum Gasteiger partial charge on any atom is -0.479 e. The Morgan fingerprint density at radius 2 is 1.97 bits per heavy atom. The number of nitrogens with zero attached hydrogens (tertiary/aromatic N) is 4. The molecule has 3 aromatic rings. The highest BCUT2D eigenvalue weighted by Crippen LogP contribution is 2.36. The van der Waals surface area contributed by atoms with Crippen LogP contribution in [-0.4, -0.2) is 38.7 Å². The average molecular weight is 421 g/mol. The lowest BCUT2D eigenvalue weighted by Gasteiger charge is -2.30. The largest absolute Gasteiger partial charge is 0.479 e. The van der Waals surface area contributed by atoms with Crippen LogP contribution in [0.2, 0.25) is 0 Å². The van der Waals surface area contributed by atoms with Crippen molar-refractivity contribution in [3.63, 3.8) is 0 Å². The van der Waals surface area contributed by atoms with E-state index in [9.17, 15) is 4.79 Å². The first-order valence-corrected chi connectivity index (χ1v) is 11.1. The summed E-state index contributed by atoms with van der Waals surface area (Å²) in [6, 6.07) is 10.6. The summed E-state index contributed by atoms with van der Waals surface area (Å²) in [6.07, 6.45) is 3.58. The van der Waals surface area contributed by atoms with Gasteiger partial charge in [0.25, 0.3) is 0 Å². The quantitative estimate of drug-likeness (QED) is 0.543. The SMILES string of the molecule is COc1nn(C)c2nc(C)c(CCC(=O)N(Cc3ccccc3)C(C)C3CC3)c(C)c12. The van der Waals surface area contributed by atoms with Crippen LogP contribution in [0.1, 0.15) is 48.6 Å². The number of methoxy groups -OCH3 is 1. The fourth-order valence-corrected chi connectivity index (χ4v) is 4.56. The van der Waals surface area contributed by atoms with Gasteiger partial charge in [0, 0.05) is 31.7 Å². The maximum absolute atomic E-state index is 13.4. The smallest absolute Gasteiger partial charge is 0.242 e. The van der Waals surface area contributed by atoms with E-state index in [4.69, 9.17) is 9.72 Å². The summed E-state index contributed by atoms with van der Waals surface area (Å²) in [6.45, 7) is 6.96. The van der Waals surface area contributed by atoms with Crippen molar-refractivity contribution in [1.29, 1.82) is 0 Å². The number of aryl methyl sites for hydroxylation is 3. The summed E-state index contributed by atoms with van der Waals surface area (Å²) in [7, 11) is 3.51. The second kappa shape index (κ2) is 8.69. The van der Waals surface area contributed by atoms with E-state index in [-0.39, 0.29) is 11.9 Å². The zero-order chi connectivity index (χ0) is 22.1. The predicted octanol–water partition coefficient (Wildman–Crippen LogP) is 4.35. The van der Waals surface area contributed by atoms with E-state index in [1.807, 2.05) is 32.2 Å². The zero-order valence-electron chi connectivity index (χ0n) is 19.2. The Balaban J connectivity index is 1.56. The van der Waals surface area contributed by atoms with Crippen molar-refractivity contribution in [1.82, 2.24) is 19.7 Å². The number of carbonyl (C=O) groups excluding carboxylic acids is 1. The molecule has 1 aliphatic carbocycles. The molecule has 2 heterocycles. The number of pyridine rings is 1. The molecule has 0 bridgehead atoms. The van der Waals surface area contributed by atoms with Gasteiger partial charge in [0.15, 0.2) is 5.65 Å². The van der Waals surface area contributed by atoms with E-state index in [1.165, 1.54) is 18.4 Å². The number of carbonyl (C=O) groups is 1. The summed E-state index contributed by atoms with van der Waals surface area (Å²) in [5.41, 5.74) is 5.16. The van der Waals surface area contributed by atoms with Crippen molar-refractivity contribution in [2.45, 2.75) is 59.0 Å². The topological polar surface area (TPSA) is 60.2 Å². The standard InChI is InChI=1S/C25H32N4O2/c1-16-21(17(2)26-24-23(16)25(31-5)27-28(24)4)13-14-22(30)29(18(3)20-11-12-20)15-19-9-7-6-8-10-19/h6-10,18,20H,11-15H2,1-5H3. The van der Waals surface area contributed by atoms with E-state index >= 15 is 0 Å². The van der Waals surface area contributed by atoms with Crippen molar-refractivity contribution in [3.05, 3.63) is 52.7 Å². The fourth-order valence-electron chi connectivity index (χ4n) is 4.56. The monoisotopic (exact) mass is 420 g/mol. The van der Waals surface area contributed by atoms with Gasteiger partial charge >= 0.3 is 0 Å². The molecule has 0 N–H and O–H groups in total. The first-order chi connectivity index (χ1) is 14.9. The molecule has 2 aromatic heterocycles. The first-order valence-electron chi connectivity index (χ1n) is 11.1. The summed E-state index contributed by atoms with van der Waals surface area (Å²) < 4.78 is 7.22. The molecule has 4 rings (SSSR count). The van der Waals surface area contributed by atoms with Crippen LogP contribution in [-0.2, 0) is 24.8 Å². The molecule has 0 aliphatic heterocycles. The molecule has 1 aliphatic rings. The van der Waals surface area contributed by atoms with Gasteiger partial charge in [-0.1, -0.05) is 30.3 Å². The number of amides is 1. The van der Waals surface area contributed by atoms with E-state index in [0.717, 1.165) is 27.9 Å². The number of aromatic nitrogens is 3. The van der Waals surface area contributed by atoms with Crippen LogP contribution >= 0.6 is 0 Å². The number of ether oxygens (including phenoxy) is 1. The molecule has 1 aromatic carbocycles. The molecule has 164 valence electrons. The Kier molecular flexibility index (Phi) is 5.99. The number of fused-ring (bicyclic) bond motifs is 1. The summed E-state index contributed by atoms with van der Waals surface area (Å²) >= 11 is 0. The maximum atomic E-state index is 13.4. The Morgan fingerprint density at radius 1 is 1.26 bits per heavy atom. The third-order valence-corrected chi connectivity index (χ3v) is 6.62. The first kappa shape index (κ1) is 21.3. The van der Waals surface area contributed by atoms with Gasteiger partial charge in [-0.25, -0.2) is 9.67 Å². The van der Waals surface area contributed by atoms with Crippen LogP contribution in [0.3, 0.4) is 0 Å². The highest BCUT2D eigenvalue weighted by molar-refractivity contribution is 5.86. The summed E-state index contributed by atoms with van der Waals surface area (Å²) in [5.74, 6) is 1.43. The van der Waals surface area contributed by atoms with Crippen LogP contribution < -0.4 is 4.74 Å². The van der Waals surface area contributed by atoms with Crippen molar-refractivity contribution in [2.24, 2.45) is 13.0 Å². The lowest BCUT2D eigenvalue weighted by Crippen LogP contribution is -2.39. The number of hydrogen-bond donors (Lipinski definition) is 0. The lowest BCUT2D eigenvalue weighted by atomic mass is 9.99. The van der Waals surface area contributed by atoms with Crippen molar-refractivity contribution < 1.29 is 9.53 Å².